The number of aromatic nitrogens is 3. The zero-order valence-corrected chi connectivity index (χ0v) is 38.0. The highest BCUT2D eigenvalue weighted by Gasteiger charge is 2.45. The fourth-order valence-electron chi connectivity index (χ4n) is 8.71. The van der Waals surface area contributed by atoms with Gasteiger partial charge in [-0.05, 0) is 105 Å². The van der Waals surface area contributed by atoms with Gasteiger partial charge < -0.3 is 20.9 Å². The number of piperidine rings is 1. The molecule has 2 fully saturated rings. The van der Waals surface area contributed by atoms with E-state index in [1.165, 1.54) is 12.1 Å². The second-order valence-corrected chi connectivity index (χ2v) is 17.3. The first kappa shape index (κ1) is 48.0. The van der Waals surface area contributed by atoms with E-state index in [-0.39, 0.29) is 53.2 Å². The quantitative estimate of drug-likeness (QED) is 0.0563. The van der Waals surface area contributed by atoms with Crippen LogP contribution in [0.3, 0.4) is 0 Å². The highest BCUT2D eigenvalue weighted by Crippen LogP contribution is 2.35. The fourth-order valence-corrected chi connectivity index (χ4v) is 8.71. The zero-order chi connectivity index (χ0) is 48.7. The molecular weight excluding hydrogens is 894 g/mol. The number of imidazole rings is 1. The minimum absolute atomic E-state index is 0.0285. The molecule has 0 radical (unpaired) electrons. The molecule has 5 heterocycles. The summed E-state index contributed by atoms with van der Waals surface area (Å²) in [6, 6.07) is 16.3. The van der Waals surface area contributed by atoms with E-state index in [0.717, 1.165) is 35.9 Å². The average molecular weight is 945 g/mol. The number of aryl methyl sites for hydroxylation is 1. The molecule has 8 rings (SSSR count). The Labute approximate surface area is 396 Å². The number of hydrogen-bond acceptors (Lipinski definition) is 11. The molecule has 2 saturated heterocycles. The molecule has 3 aliphatic heterocycles. The van der Waals surface area contributed by atoms with Crippen molar-refractivity contribution in [1.82, 2.24) is 39.9 Å². The van der Waals surface area contributed by atoms with Gasteiger partial charge in [0.05, 0.1) is 22.9 Å². The molecule has 358 valence electrons. The lowest BCUT2D eigenvalue weighted by Crippen LogP contribution is -2.54. The maximum absolute atomic E-state index is 14.4. The number of alkyl halides is 3. The number of nitrogens with zero attached hydrogens (tertiary/aromatic N) is 6. The van der Waals surface area contributed by atoms with Gasteiger partial charge >= 0.3 is 6.18 Å². The minimum Gasteiger partial charge on any atom is -0.384 e. The Kier molecular flexibility index (Phi) is 14.8. The number of nitrogens with one attached hydrogen (secondary N) is 4. The number of fused-ring (bicyclic) bond motifs is 2. The molecule has 0 saturated carbocycles. The van der Waals surface area contributed by atoms with Crippen LogP contribution in [-0.2, 0) is 27.1 Å². The van der Waals surface area contributed by atoms with E-state index in [4.69, 9.17) is 0 Å². The average Bonchev–Trinajstić information content (AvgIpc) is 3.86. The predicted octanol–water partition coefficient (Wildman–Crippen LogP) is 5.41. The standard InChI is InChI=1S/C50H51F3N10O6/c1-32-12-13-34(28-33(32)15-17-37-30-56-42-10-6-22-57-63(37)42)46(66)58-36-16-14-35(39(29-36)50(51,52)53)31-61-26-24-60(25-27-61)23-7-21-55-43(64)11-3-2-4-20-54-40-9-5-8-38-45(40)49(69)62(48(38)68)41-18-19-44(65)59-47(41)67/h5-6,8-10,12-14,16,22,28-30,41,54H,2-4,7,11,18-21,23-27,31H2,1H3,(H,55,64)(H,58,66)(H,59,65,67). The molecule has 69 heavy (non-hydrogen) atoms. The first-order chi connectivity index (χ1) is 33.2. The molecule has 4 N–H and O–H groups in total. The molecule has 0 aliphatic carbocycles. The van der Waals surface area contributed by atoms with Crippen LogP contribution in [0.1, 0.15) is 104 Å². The highest BCUT2D eigenvalue weighted by molar-refractivity contribution is 6.25. The van der Waals surface area contributed by atoms with Crippen LogP contribution < -0.4 is 21.3 Å². The zero-order valence-electron chi connectivity index (χ0n) is 38.0. The van der Waals surface area contributed by atoms with E-state index in [0.29, 0.717) is 81.1 Å². The van der Waals surface area contributed by atoms with Gasteiger partial charge in [-0.15, -0.1) is 0 Å². The second-order valence-electron chi connectivity index (χ2n) is 17.3. The summed E-state index contributed by atoms with van der Waals surface area (Å²) in [7, 11) is 0. The van der Waals surface area contributed by atoms with Crippen LogP contribution in [-0.4, -0.2) is 117 Å². The minimum atomic E-state index is -4.64. The number of imide groups is 2. The number of piperazine rings is 1. The smallest absolute Gasteiger partial charge is 0.384 e. The fraction of sp³-hybridized carbons (Fsp3) is 0.360. The van der Waals surface area contributed by atoms with Crippen molar-refractivity contribution in [2.75, 3.05) is 56.4 Å². The third-order valence-electron chi connectivity index (χ3n) is 12.5. The van der Waals surface area contributed by atoms with Crippen LogP contribution in [0.5, 0.6) is 0 Å². The van der Waals surface area contributed by atoms with Crippen molar-refractivity contribution in [3.8, 4) is 11.8 Å². The van der Waals surface area contributed by atoms with Crippen LogP contribution in [0.4, 0.5) is 24.5 Å². The van der Waals surface area contributed by atoms with Crippen molar-refractivity contribution in [2.45, 2.75) is 70.6 Å². The summed E-state index contributed by atoms with van der Waals surface area (Å²) in [5, 5.41) is 15.3. The van der Waals surface area contributed by atoms with E-state index in [1.54, 1.807) is 65.4 Å². The number of hydrogen-bond donors (Lipinski definition) is 4. The van der Waals surface area contributed by atoms with Gasteiger partial charge in [-0.3, -0.25) is 43.9 Å². The first-order valence-electron chi connectivity index (χ1n) is 23.0. The lowest BCUT2D eigenvalue weighted by atomic mass is 10.0. The Hall–Kier alpha value is -7.43. The van der Waals surface area contributed by atoms with Gasteiger partial charge in [0.15, 0.2) is 5.65 Å². The van der Waals surface area contributed by atoms with E-state index >= 15 is 0 Å². The summed E-state index contributed by atoms with van der Waals surface area (Å²) in [6.45, 7) is 6.18. The van der Waals surface area contributed by atoms with Gasteiger partial charge in [-0.1, -0.05) is 30.5 Å². The first-order valence-corrected chi connectivity index (χ1v) is 23.0. The third-order valence-corrected chi connectivity index (χ3v) is 12.5. The Morgan fingerprint density at radius 3 is 2.48 bits per heavy atom. The van der Waals surface area contributed by atoms with Crippen molar-refractivity contribution < 1.29 is 41.9 Å². The molecule has 6 amide bonds. The number of amides is 6. The van der Waals surface area contributed by atoms with Gasteiger partial charge in [0.25, 0.3) is 17.7 Å². The van der Waals surface area contributed by atoms with E-state index in [1.807, 2.05) is 11.8 Å². The van der Waals surface area contributed by atoms with Crippen molar-refractivity contribution in [2.24, 2.45) is 0 Å². The molecular formula is C50H51F3N10O6. The topological polar surface area (TPSA) is 190 Å². The van der Waals surface area contributed by atoms with Crippen LogP contribution >= 0.6 is 0 Å². The van der Waals surface area contributed by atoms with E-state index in [2.05, 4.69) is 48.1 Å². The number of carbonyl (C=O) groups excluding carboxylic acids is 6. The SMILES string of the molecule is Cc1ccc(C(=O)Nc2ccc(CN3CCN(CCCNC(=O)CCCCCNc4cccc5c4C(=O)N(C4CCC(=O)NC4=O)C5=O)CC3)c(C(F)(F)F)c2)cc1C#Cc1cnc2cccnn12. The lowest BCUT2D eigenvalue weighted by Gasteiger charge is -2.35. The van der Waals surface area contributed by atoms with Crippen LogP contribution in [0.2, 0.25) is 0 Å². The number of benzene rings is 3. The maximum atomic E-state index is 14.4. The predicted molar refractivity (Wildman–Crippen MR) is 249 cm³/mol. The van der Waals surface area contributed by atoms with Crippen LogP contribution in [0.25, 0.3) is 5.65 Å². The van der Waals surface area contributed by atoms with Gasteiger partial charge in [0.1, 0.15) is 11.7 Å². The molecule has 0 bridgehead atoms. The molecule has 3 aliphatic rings. The molecule has 16 nitrogen and oxygen atoms in total. The normalized spacial score (nSPS) is 16.5. The van der Waals surface area contributed by atoms with Gasteiger partial charge in [0.2, 0.25) is 17.7 Å². The molecule has 19 heteroatoms. The number of anilines is 2. The highest BCUT2D eigenvalue weighted by atomic mass is 19.4. The molecule has 1 atom stereocenters. The summed E-state index contributed by atoms with van der Waals surface area (Å²) >= 11 is 0. The van der Waals surface area contributed by atoms with Gasteiger partial charge in [-0.2, -0.15) is 18.3 Å². The Balaban J connectivity index is 0.725. The monoisotopic (exact) mass is 944 g/mol. The number of halogens is 3. The van der Waals surface area contributed by atoms with Crippen molar-refractivity contribution in [1.29, 1.82) is 0 Å². The summed E-state index contributed by atoms with van der Waals surface area (Å²) in [5.41, 5.74) is 3.10. The number of unbranched alkanes of at least 4 members (excludes halogenated alkanes) is 2. The van der Waals surface area contributed by atoms with Gasteiger partial charge in [0, 0.05) is 87.4 Å². The summed E-state index contributed by atoms with van der Waals surface area (Å²) in [6.07, 6.45) is 1.91. The summed E-state index contributed by atoms with van der Waals surface area (Å²) in [5.74, 6) is 3.24. The third kappa shape index (κ3) is 11.5. The Bertz CT molecular complexity index is 2860. The Morgan fingerprint density at radius 1 is 0.870 bits per heavy atom. The van der Waals surface area contributed by atoms with Gasteiger partial charge in [-0.25, -0.2) is 9.50 Å². The van der Waals surface area contributed by atoms with E-state index < -0.39 is 47.3 Å². The molecule has 3 aromatic carbocycles. The number of rotatable bonds is 16. The molecule has 0 spiro atoms. The van der Waals surface area contributed by atoms with Crippen LogP contribution in [0, 0.1) is 18.8 Å². The molecule has 5 aromatic rings. The summed E-state index contributed by atoms with van der Waals surface area (Å²) in [4.78, 5) is 85.6. The number of carbonyl (C=O) groups is 6. The van der Waals surface area contributed by atoms with E-state index in [9.17, 15) is 41.9 Å². The summed E-state index contributed by atoms with van der Waals surface area (Å²) < 4.78 is 44.8. The largest absolute Gasteiger partial charge is 0.416 e. The Morgan fingerprint density at radius 2 is 1.68 bits per heavy atom. The van der Waals surface area contributed by atoms with Crippen molar-refractivity contribution in [3.05, 3.63) is 124 Å². The van der Waals surface area contributed by atoms with Crippen molar-refractivity contribution in [3.63, 3.8) is 0 Å². The van der Waals surface area contributed by atoms with Crippen molar-refractivity contribution >= 4 is 52.5 Å². The lowest BCUT2D eigenvalue weighted by molar-refractivity contribution is -0.138. The maximum Gasteiger partial charge on any atom is 0.416 e. The molecule has 1 unspecified atom stereocenters. The van der Waals surface area contributed by atoms with Crippen LogP contribution in [0.15, 0.2) is 79.1 Å². The second kappa shape index (κ2) is 21.3. The molecule has 2 aromatic heterocycles.